The van der Waals surface area contributed by atoms with Gasteiger partial charge < -0.3 is 19.2 Å². The van der Waals surface area contributed by atoms with Crippen molar-refractivity contribution in [1.82, 2.24) is 0 Å². The van der Waals surface area contributed by atoms with Gasteiger partial charge in [-0.25, -0.2) is 17.2 Å². The Balaban J connectivity index is 1.50. The number of nitrogens with one attached hydrogen (secondary N) is 1. The van der Waals surface area contributed by atoms with E-state index in [1.807, 2.05) is 0 Å². The van der Waals surface area contributed by atoms with E-state index < -0.39 is 27.4 Å². The normalized spacial score (nSPS) is 11.2. The fraction of sp³-hybridized carbons (Fsp3) is 0.0800. The van der Waals surface area contributed by atoms with Crippen LogP contribution in [-0.2, 0) is 16.4 Å². The number of amides is 1. The molecule has 0 spiro atoms. The minimum Gasteiger partial charge on any atom is -0.497 e. The first-order valence-electron chi connectivity index (χ1n) is 10.3. The Morgan fingerprint density at radius 2 is 1.72 bits per heavy atom. The molecule has 0 atom stereocenters. The first-order valence-corrected chi connectivity index (χ1v) is 12.2. The molecule has 0 bridgehead atoms. The molecule has 0 saturated heterocycles. The van der Waals surface area contributed by atoms with Crippen LogP contribution in [0.2, 0.25) is 5.02 Å². The van der Waals surface area contributed by atoms with Crippen molar-refractivity contribution in [2.45, 2.75) is 16.4 Å². The molecule has 1 amide bonds. The Morgan fingerprint density at radius 1 is 0.972 bits per heavy atom. The van der Waals surface area contributed by atoms with E-state index in [9.17, 15) is 22.0 Å². The number of hydrogen-bond donors (Lipinski definition) is 1. The fourth-order valence-electron chi connectivity index (χ4n) is 3.18. The second-order valence-electron chi connectivity index (χ2n) is 7.44. The summed E-state index contributed by atoms with van der Waals surface area (Å²) in [7, 11) is -2.57. The summed E-state index contributed by atoms with van der Waals surface area (Å²) < 4.78 is 68.8. The topological polar surface area (TPSA) is 94.8 Å². The smallest absolute Gasteiger partial charge is 0.291 e. The van der Waals surface area contributed by atoms with Crippen LogP contribution in [0.25, 0.3) is 0 Å². The molecule has 186 valence electrons. The van der Waals surface area contributed by atoms with Gasteiger partial charge in [-0.15, -0.1) is 0 Å². The molecule has 4 rings (SSSR count). The van der Waals surface area contributed by atoms with Crippen LogP contribution in [0.3, 0.4) is 0 Å². The summed E-state index contributed by atoms with van der Waals surface area (Å²) >= 11 is 5.85. The monoisotopic (exact) mass is 533 g/mol. The van der Waals surface area contributed by atoms with Crippen LogP contribution in [-0.4, -0.2) is 21.4 Å². The molecule has 0 fully saturated rings. The van der Waals surface area contributed by atoms with Gasteiger partial charge in [-0.3, -0.25) is 4.79 Å². The van der Waals surface area contributed by atoms with Crippen LogP contribution < -0.4 is 14.8 Å². The third kappa shape index (κ3) is 5.67. The number of rotatable bonds is 8. The third-order valence-corrected chi connectivity index (χ3v) is 6.96. The first kappa shape index (κ1) is 25.2. The third-order valence-electron chi connectivity index (χ3n) is 4.96. The number of furan rings is 1. The highest BCUT2D eigenvalue weighted by Crippen LogP contribution is 2.29. The molecule has 1 heterocycles. The van der Waals surface area contributed by atoms with E-state index in [0.29, 0.717) is 11.1 Å². The lowest BCUT2D eigenvalue weighted by Crippen LogP contribution is -2.12. The van der Waals surface area contributed by atoms with E-state index in [4.69, 9.17) is 25.5 Å². The van der Waals surface area contributed by atoms with Crippen molar-refractivity contribution >= 4 is 33.0 Å². The number of carbonyl (C=O) groups is 1. The molecule has 0 saturated carbocycles. The predicted octanol–water partition coefficient (Wildman–Crippen LogP) is 5.88. The van der Waals surface area contributed by atoms with Crippen LogP contribution in [0.1, 0.15) is 16.3 Å². The van der Waals surface area contributed by atoms with Gasteiger partial charge >= 0.3 is 0 Å². The molecule has 0 aliphatic carbocycles. The van der Waals surface area contributed by atoms with Gasteiger partial charge in [-0.1, -0.05) is 11.6 Å². The van der Waals surface area contributed by atoms with Crippen molar-refractivity contribution in [3.63, 3.8) is 0 Å². The zero-order valence-corrected chi connectivity index (χ0v) is 20.2. The van der Waals surface area contributed by atoms with Crippen molar-refractivity contribution in [2.75, 3.05) is 12.4 Å². The number of ether oxygens (including phenoxy) is 2. The van der Waals surface area contributed by atoms with E-state index in [-0.39, 0.29) is 45.1 Å². The second-order valence-corrected chi connectivity index (χ2v) is 9.82. The molecule has 0 unspecified atom stereocenters. The van der Waals surface area contributed by atoms with Gasteiger partial charge in [0.05, 0.1) is 16.9 Å². The zero-order chi connectivity index (χ0) is 25.9. The standard InChI is InChI=1S/C25H18ClF2NO6S/c1-33-19-11-17(12-21(13-19)36(31,32)20-6-2-15(26)3-7-20)29-25(30)24-9-5-18(35-24)14-34-23-8-4-16(27)10-22(23)28/h2-13H,14H2,1H3,(H,29,30). The van der Waals surface area contributed by atoms with Crippen molar-refractivity contribution in [2.24, 2.45) is 0 Å². The van der Waals surface area contributed by atoms with Crippen molar-refractivity contribution in [3.05, 3.63) is 101 Å². The summed E-state index contributed by atoms with van der Waals surface area (Å²) in [5.41, 5.74) is 0.148. The number of benzene rings is 3. The zero-order valence-electron chi connectivity index (χ0n) is 18.6. The number of anilines is 1. The van der Waals surface area contributed by atoms with E-state index in [1.165, 1.54) is 61.7 Å². The Morgan fingerprint density at radius 3 is 2.42 bits per heavy atom. The molecular formula is C25H18ClF2NO6S. The lowest BCUT2D eigenvalue weighted by molar-refractivity contribution is 0.0992. The van der Waals surface area contributed by atoms with Gasteiger partial charge in [0.2, 0.25) is 9.84 Å². The van der Waals surface area contributed by atoms with Crippen LogP contribution in [0, 0.1) is 11.6 Å². The van der Waals surface area contributed by atoms with Gasteiger partial charge in [-0.05, 0) is 60.7 Å². The van der Waals surface area contributed by atoms with Gasteiger partial charge in [0.25, 0.3) is 5.91 Å². The largest absolute Gasteiger partial charge is 0.497 e. The molecule has 7 nitrogen and oxygen atoms in total. The first-order chi connectivity index (χ1) is 17.2. The molecule has 1 N–H and O–H groups in total. The molecule has 0 aliphatic rings. The number of halogens is 3. The lowest BCUT2D eigenvalue weighted by atomic mass is 10.3. The Hall–Kier alpha value is -3.89. The van der Waals surface area contributed by atoms with Gasteiger partial charge in [0.1, 0.15) is 23.9 Å². The van der Waals surface area contributed by atoms with Crippen LogP contribution in [0.5, 0.6) is 11.5 Å². The molecule has 36 heavy (non-hydrogen) atoms. The van der Waals surface area contributed by atoms with Crippen LogP contribution in [0.15, 0.2) is 87.0 Å². The quantitative estimate of drug-likeness (QED) is 0.304. The molecule has 0 radical (unpaired) electrons. The molecule has 11 heteroatoms. The molecule has 0 aliphatic heterocycles. The average molecular weight is 534 g/mol. The number of hydrogen-bond acceptors (Lipinski definition) is 6. The average Bonchev–Trinajstić information content (AvgIpc) is 3.33. The van der Waals surface area contributed by atoms with Crippen molar-refractivity contribution in [3.8, 4) is 11.5 Å². The Labute approximate surface area is 210 Å². The lowest BCUT2D eigenvalue weighted by Gasteiger charge is -2.11. The molecule has 4 aromatic rings. The summed E-state index contributed by atoms with van der Waals surface area (Å²) in [6, 6.07) is 15.4. The maximum absolute atomic E-state index is 13.7. The minimum absolute atomic E-state index is 0.0192. The van der Waals surface area contributed by atoms with Crippen molar-refractivity contribution < 1.29 is 35.9 Å². The summed E-state index contributed by atoms with van der Waals surface area (Å²) in [4.78, 5) is 12.6. The molecular weight excluding hydrogens is 516 g/mol. The maximum atomic E-state index is 13.7. The van der Waals surface area contributed by atoms with E-state index >= 15 is 0 Å². The molecule has 1 aromatic heterocycles. The summed E-state index contributed by atoms with van der Waals surface area (Å²) in [6.45, 7) is -0.210. The Kier molecular flexibility index (Phi) is 7.27. The van der Waals surface area contributed by atoms with E-state index in [1.54, 1.807) is 0 Å². The number of sulfone groups is 1. The van der Waals surface area contributed by atoms with Gasteiger partial charge in [-0.2, -0.15) is 0 Å². The minimum atomic E-state index is -3.93. The highest BCUT2D eigenvalue weighted by Gasteiger charge is 2.21. The summed E-state index contributed by atoms with van der Waals surface area (Å²) in [6.07, 6.45) is 0. The van der Waals surface area contributed by atoms with Crippen molar-refractivity contribution in [1.29, 1.82) is 0 Å². The SMILES string of the molecule is COc1cc(NC(=O)c2ccc(COc3ccc(F)cc3F)o2)cc(S(=O)(=O)c2ccc(Cl)cc2)c1. The molecule has 3 aromatic carbocycles. The summed E-state index contributed by atoms with van der Waals surface area (Å²) in [5.74, 6) is -2.14. The fourth-order valence-corrected chi connectivity index (χ4v) is 4.62. The van der Waals surface area contributed by atoms with Crippen LogP contribution >= 0.6 is 11.6 Å². The maximum Gasteiger partial charge on any atom is 0.291 e. The number of carbonyl (C=O) groups excluding carboxylic acids is 1. The summed E-state index contributed by atoms with van der Waals surface area (Å²) in [5, 5.41) is 2.96. The van der Waals surface area contributed by atoms with E-state index in [0.717, 1.165) is 12.1 Å². The van der Waals surface area contributed by atoms with Gasteiger partial charge in [0.15, 0.2) is 17.3 Å². The number of methoxy groups -OCH3 is 1. The Bertz CT molecular complexity index is 1520. The second kappa shape index (κ2) is 10.4. The highest BCUT2D eigenvalue weighted by molar-refractivity contribution is 7.91. The van der Waals surface area contributed by atoms with Crippen LogP contribution in [0.4, 0.5) is 14.5 Å². The van der Waals surface area contributed by atoms with E-state index in [2.05, 4.69) is 5.32 Å². The van der Waals surface area contributed by atoms with Gasteiger partial charge in [0, 0.05) is 22.8 Å². The highest BCUT2D eigenvalue weighted by atomic mass is 35.5. The predicted molar refractivity (Wildman–Crippen MR) is 127 cm³/mol.